The van der Waals surface area contributed by atoms with Crippen LogP contribution in [0.25, 0.3) is 0 Å². The highest BCUT2D eigenvalue weighted by Gasteiger charge is 2.40. The minimum absolute atomic E-state index is 0.102. The van der Waals surface area contributed by atoms with Crippen molar-refractivity contribution in [2.75, 3.05) is 6.54 Å². The summed E-state index contributed by atoms with van der Waals surface area (Å²) in [5, 5.41) is 18.3. The number of aromatic nitrogens is 2. The molecular weight excluding hydrogens is 282 g/mol. The van der Waals surface area contributed by atoms with Gasteiger partial charge in [-0.3, -0.25) is 4.79 Å². The highest BCUT2D eigenvalue weighted by Crippen LogP contribution is 2.25. The Morgan fingerprint density at radius 1 is 1.50 bits per heavy atom. The minimum atomic E-state index is -1.06. The van der Waals surface area contributed by atoms with Gasteiger partial charge in [0.15, 0.2) is 0 Å². The number of hydrogen-bond donors (Lipinski definition) is 2. The Hall–Kier alpha value is -2.02. The Balaban J connectivity index is 1.77. The van der Waals surface area contributed by atoms with E-state index in [1.54, 1.807) is 25.1 Å². The van der Waals surface area contributed by atoms with Crippen LogP contribution in [0.15, 0.2) is 16.5 Å². The lowest BCUT2D eigenvalue weighted by Crippen LogP contribution is -2.45. The Morgan fingerprint density at radius 3 is 2.95 bits per heavy atom. The van der Waals surface area contributed by atoms with Crippen LogP contribution in [-0.2, 0) is 17.8 Å². The van der Waals surface area contributed by atoms with Crippen molar-refractivity contribution in [2.45, 2.75) is 45.8 Å². The van der Waals surface area contributed by atoms with Crippen molar-refractivity contribution in [1.29, 1.82) is 0 Å². The summed E-state index contributed by atoms with van der Waals surface area (Å²) in [6, 6.07) is 0. The van der Waals surface area contributed by atoms with Gasteiger partial charge < -0.3 is 15.0 Å². The molecule has 0 radical (unpaired) electrons. The molecule has 1 aromatic heterocycles. The fraction of sp³-hybridized carbons (Fsp3) is 0.600. The molecule has 2 N–H and O–H groups in total. The number of amides is 1. The number of imidazole rings is 1. The van der Waals surface area contributed by atoms with Crippen molar-refractivity contribution in [3.05, 3.63) is 17.7 Å². The first-order chi connectivity index (χ1) is 10.4. The number of carbonyl (C=O) groups is 1. The maximum Gasteiger partial charge on any atom is 0.271 e. The monoisotopic (exact) mass is 303 g/mol. The Morgan fingerprint density at radius 2 is 2.27 bits per heavy atom. The van der Waals surface area contributed by atoms with E-state index in [-0.39, 0.29) is 11.8 Å². The molecule has 3 heterocycles. The van der Waals surface area contributed by atoms with Gasteiger partial charge in [-0.05, 0) is 20.3 Å². The van der Waals surface area contributed by atoms with Crippen molar-refractivity contribution >= 4 is 17.3 Å². The van der Waals surface area contributed by atoms with Crippen LogP contribution >= 0.6 is 0 Å². The first-order valence-electron chi connectivity index (χ1n) is 7.60. The fourth-order valence-corrected chi connectivity index (χ4v) is 3.05. The molecule has 0 aliphatic carbocycles. The Kier molecular flexibility index (Phi) is 3.60. The topological polar surface area (TPSA) is 93.9 Å². The van der Waals surface area contributed by atoms with E-state index in [9.17, 15) is 9.90 Å². The van der Waals surface area contributed by atoms with Crippen LogP contribution in [0, 0.1) is 5.92 Å². The summed E-state index contributed by atoms with van der Waals surface area (Å²) in [5.41, 5.74) is 1.94. The number of aliphatic hydroxyl groups is 1. The number of H-pyrrole nitrogens is 1. The maximum absolute atomic E-state index is 12.8. The summed E-state index contributed by atoms with van der Waals surface area (Å²) < 4.78 is 0. The van der Waals surface area contributed by atoms with Gasteiger partial charge in [-0.15, -0.1) is 5.10 Å². The predicted molar refractivity (Wildman–Crippen MR) is 82.7 cm³/mol. The second-order valence-electron chi connectivity index (χ2n) is 6.29. The molecule has 1 aromatic rings. The van der Waals surface area contributed by atoms with E-state index in [0.717, 1.165) is 17.8 Å². The first kappa shape index (κ1) is 14.9. The van der Waals surface area contributed by atoms with Gasteiger partial charge in [-0.25, -0.2) is 4.98 Å². The highest BCUT2D eigenvalue weighted by molar-refractivity contribution is 6.44. The van der Waals surface area contributed by atoms with Crippen LogP contribution < -0.4 is 0 Å². The summed E-state index contributed by atoms with van der Waals surface area (Å²) >= 11 is 0. The van der Waals surface area contributed by atoms with Gasteiger partial charge in [0.2, 0.25) is 0 Å². The molecule has 1 atom stereocenters. The first-order valence-corrected chi connectivity index (χ1v) is 7.60. The second kappa shape index (κ2) is 5.31. The summed E-state index contributed by atoms with van der Waals surface area (Å²) in [7, 11) is 0. The van der Waals surface area contributed by atoms with E-state index in [4.69, 9.17) is 0 Å². The molecule has 0 aromatic carbocycles. The van der Waals surface area contributed by atoms with E-state index in [0.29, 0.717) is 30.9 Å². The molecule has 7 heteroatoms. The number of nitrogens with one attached hydrogen (secondary N) is 1. The molecule has 2 aliphatic rings. The zero-order valence-corrected chi connectivity index (χ0v) is 13.1. The number of aromatic amines is 1. The molecule has 0 bridgehead atoms. The number of rotatable bonds is 3. The van der Waals surface area contributed by atoms with Gasteiger partial charge in [0.1, 0.15) is 5.71 Å². The molecule has 118 valence electrons. The Bertz CT molecular complexity index is 653. The second-order valence-corrected chi connectivity index (χ2v) is 6.29. The molecule has 22 heavy (non-hydrogen) atoms. The lowest BCUT2D eigenvalue weighted by molar-refractivity contribution is -0.125. The normalized spacial score (nSPS) is 21.5. The third kappa shape index (κ3) is 2.45. The number of nitrogens with zero attached hydrogens (tertiary/aromatic N) is 4. The summed E-state index contributed by atoms with van der Waals surface area (Å²) in [6.07, 6.45) is 3.10. The molecule has 3 rings (SSSR count). The largest absolute Gasteiger partial charge is 0.384 e. The van der Waals surface area contributed by atoms with Crippen LogP contribution in [0.4, 0.5) is 0 Å². The van der Waals surface area contributed by atoms with Gasteiger partial charge in [0, 0.05) is 13.0 Å². The van der Waals surface area contributed by atoms with Crippen LogP contribution in [0.5, 0.6) is 0 Å². The van der Waals surface area contributed by atoms with Gasteiger partial charge in [-0.2, -0.15) is 5.10 Å². The van der Waals surface area contributed by atoms with Crippen molar-refractivity contribution in [3.63, 3.8) is 0 Å². The smallest absolute Gasteiger partial charge is 0.271 e. The average molecular weight is 303 g/mol. The van der Waals surface area contributed by atoms with Crippen LogP contribution in [0.3, 0.4) is 0 Å². The number of carbonyl (C=O) groups excluding carboxylic acids is 1. The molecule has 0 saturated heterocycles. The van der Waals surface area contributed by atoms with Crippen LogP contribution in [0.1, 0.15) is 38.6 Å². The maximum atomic E-state index is 12.8. The van der Waals surface area contributed by atoms with Gasteiger partial charge in [0.25, 0.3) is 5.91 Å². The molecule has 0 fully saturated rings. The van der Waals surface area contributed by atoms with Crippen molar-refractivity contribution in [3.8, 4) is 0 Å². The third-order valence-electron chi connectivity index (χ3n) is 4.24. The van der Waals surface area contributed by atoms with Crippen LogP contribution in [-0.4, -0.2) is 49.5 Å². The summed E-state index contributed by atoms with van der Waals surface area (Å²) in [5.74, 6) is -0.314. The van der Waals surface area contributed by atoms with Crippen molar-refractivity contribution in [1.82, 2.24) is 14.9 Å². The SMILES string of the molecule is CCC1C(C(=O)N2CCc3nc[nH]c3C2)=NN=C1C(C)(C)O. The molecule has 0 spiro atoms. The lowest BCUT2D eigenvalue weighted by atomic mass is 9.85. The van der Waals surface area contributed by atoms with Crippen molar-refractivity contribution in [2.24, 2.45) is 16.1 Å². The molecule has 2 aliphatic heterocycles. The molecular formula is C15H21N5O2. The fourth-order valence-electron chi connectivity index (χ4n) is 3.05. The quantitative estimate of drug-likeness (QED) is 0.868. The third-order valence-corrected chi connectivity index (χ3v) is 4.24. The highest BCUT2D eigenvalue weighted by atomic mass is 16.3. The molecule has 1 amide bonds. The van der Waals surface area contributed by atoms with Gasteiger partial charge in [0.05, 0.1) is 41.5 Å². The average Bonchev–Trinajstić information content (AvgIpc) is 3.11. The van der Waals surface area contributed by atoms with E-state index < -0.39 is 5.60 Å². The molecule has 0 saturated carbocycles. The van der Waals surface area contributed by atoms with Gasteiger partial charge in [-0.1, -0.05) is 6.92 Å². The molecule has 1 unspecified atom stereocenters. The lowest BCUT2D eigenvalue weighted by Gasteiger charge is -2.28. The standard InChI is InChI=1S/C15H21N5O2/c1-4-9-12(18-19-13(9)15(2,3)22)14(21)20-6-5-10-11(7-20)17-8-16-10/h8-9,22H,4-7H2,1-3H3,(H,16,17). The molecule has 7 nitrogen and oxygen atoms in total. The van der Waals surface area contributed by atoms with Crippen LogP contribution in [0.2, 0.25) is 0 Å². The number of hydrogen-bond acceptors (Lipinski definition) is 5. The van der Waals surface area contributed by atoms with Gasteiger partial charge >= 0.3 is 0 Å². The summed E-state index contributed by atoms with van der Waals surface area (Å²) in [6.45, 7) is 6.47. The zero-order valence-electron chi connectivity index (χ0n) is 13.1. The number of fused-ring (bicyclic) bond motifs is 1. The van der Waals surface area contributed by atoms with E-state index in [2.05, 4.69) is 20.2 Å². The van der Waals surface area contributed by atoms with E-state index >= 15 is 0 Å². The predicted octanol–water partition coefficient (Wildman–Crippen LogP) is 0.902. The van der Waals surface area contributed by atoms with E-state index in [1.165, 1.54) is 0 Å². The Labute approximate surface area is 129 Å². The van der Waals surface area contributed by atoms with E-state index in [1.807, 2.05) is 6.92 Å². The van der Waals surface area contributed by atoms with Crippen molar-refractivity contribution < 1.29 is 9.90 Å². The minimum Gasteiger partial charge on any atom is -0.384 e. The summed E-state index contributed by atoms with van der Waals surface area (Å²) in [4.78, 5) is 21.9. The zero-order chi connectivity index (χ0) is 15.9.